The van der Waals surface area contributed by atoms with E-state index >= 15 is 0 Å². The first-order valence-corrected chi connectivity index (χ1v) is 8.35. The highest BCUT2D eigenvalue weighted by Crippen LogP contribution is 2.31. The zero-order valence-electron chi connectivity index (χ0n) is 11.2. The fourth-order valence-corrected chi connectivity index (χ4v) is 3.58. The molecule has 1 N–H and O–H groups in total. The van der Waals surface area contributed by atoms with Crippen LogP contribution >= 0.6 is 34.7 Å². The van der Waals surface area contributed by atoms with E-state index in [1.165, 1.54) is 0 Å². The molecule has 0 radical (unpaired) electrons. The van der Waals surface area contributed by atoms with Crippen molar-refractivity contribution in [2.75, 3.05) is 5.32 Å². The van der Waals surface area contributed by atoms with Crippen LogP contribution in [0.1, 0.15) is 5.69 Å². The number of halogens is 1. The smallest absolute Gasteiger partial charge is 0.188 e. The van der Waals surface area contributed by atoms with Gasteiger partial charge in [-0.15, -0.1) is 11.3 Å². The summed E-state index contributed by atoms with van der Waals surface area (Å²) in [4.78, 5) is 10.9. The lowest BCUT2D eigenvalue weighted by Crippen LogP contribution is -1.92. The Bertz CT molecular complexity index is 758. The molecule has 0 unspecified atom stereocenters. The summed E-state index contributed by atoms with van der Waals surface area (Å²) in [6.07, 6.45) is 1.79. The Hall–Kier alpha value is -1.56. The molecule has 3 nitrogen and oxygen atoms in total. The van der Waals surface area contributed by atoms with Gasteiger partial charge in [0, 0.05) is 26.4 Å². The van der Waals surface area contributed by atoms with Crippen molar-refractivity contribution in [1.82, 2.24) is 9.97 Å². The van der Waals surface area contributed by atoms with E-state index in [9.17, 15) is 0 Å². The average molecular weight is 334 g/mol. The summed E-state index contributed by atoms with van der Waals surface area (Å²) in [6, 6.07) is 11.8. The molecular weight excluding hydrogens is 322 g/mol. The summed E-state index contributed by atoms with van der Waals surface area (Å²) in [5.41, 5.74) is 1.01. The molecule has 0 saturated carbocycles. The van der Waals surface area contributed by atoms with Crippen molar-refractivity contribution in [1.29, 1.82) is 0 Å². The van der Waals surface area contributed by atoms with Crippen LogP contribution in [-0.4, -0.2) is 9.97 Å². The van der Waals surface area contributed by atoms with E-state index in [1.807, 2.05) is 48.7 Å². The maximum absolute atomic E-state index is 6.01. The van der Waals surface area contributed by atoms with Gasteiger partial charge in [-0.2, -0.15) is 0 Å². The molecule has 3 rings (SSSR count). The molecule has 0 fully saturated rings. The van der Waals surface area contributed by atoms with Crippen molar-refractivity contribution in [2.45, 2.75) is 16.7 Å². The van der Waals surface area contributed by atoms with Crippen LogP contribution < -0.4 is 5.32 Å². The van der Waals surface area contributed by atoms with Gasteiger partial charge in [-0.1, -0.05) is 29.4 Å². The second kappa shape index (κ2) is 6.47. The summed E-state index contributed by atoms with van der Waals surface area (Å²) in [7, 11) is 0. The molecule has 2 aromatic heterocycles. The van der Waals surface area contributed by atoms with Crippen LogP contribution in [0, 0.1) is 6.92 Å². The van der Waals surface area contributed by atoms with Crippen molar-refractivity contribution in [3.05, 3.63) is 58.7 Å². The number of hydrogen-bond donors (Lipinski definition) is 1. The maximum atomic E-state index is 6.01. The van der Waals surface area contributed by atoms with Crippen molar-refractivity contribution in [3.63, 3.8) is 0 Å². The van der Waals surface area contributed by atoms with Gasteiger partial charge in [-0.25, -0.2) is 9.97 Å². The topological polar surface area (TPSA) is 37.8 Å². The summed E-state index contributed by atoms with van der Waals surface area (Å²) < 4.78 is 0. The zero-order valence-corrected chi connectivity index (χ0v) is 13.6. The molecular formula is C15H12ClN3S2. The average Bonchev–Trinajstić information content (AvgIpc) is 2.84. The molecule has 1 aromatic carbocycles. The standard InChI is InChI=1S/C15H12ClN3S2/c1-10-9-20-15(18-10)19-14-8-13(5-6-17-14)21-12-4-2-3-11(16)7-12/h2-9H,1H3,(H,17,18,19). The molecule has 0 bridgehead atoms. The van der Waals surface area contributed by atoms with Crippen molar-refractivity contribution in [3.8, 4) is 0 Å². The largest absolute Gasteiger partial charge is 0.316 e. The van der Waals surface area contributed by atoms with Crippen LogP contribution in [-0.2, 0) is 0 Å². The third kappa shape index (κ3) is 3.97. The molecule has 0 saturated heterocycles. The Labute approximate surface area is 136 Å². The Balaban J connectivity index is 1.76. The van der Waals surface area contributed by atoms with Gasteiger partial charge in [0.15, 0.2) is 5.13 Å². The highest BCUT2D eigenvalue weighted by atomic mass is 35.5. The SMILES string of the molecule is Cc1csc(Nc2cc(Sc3cccc(Cl)c3)ccn2)n1. The van der Waals surface area contributed by atoms with Gasteiger partial charge in [0.05, 0.1) is 5.69 Å². The lowest BCUT2D eigenvalue weighted by Gasteiger charge is -2.05. The second-order valence-electron chi connectivity index (χ2n) is 4.36. The van der Waals surface area contributed by atoms with Crippen LogP contribution in [0.2, 0.25) is 5.02 Å². The minimum absolute atomic E-state index is 0.741. The Morgan fingerprint density at radius 2 is 2.05 bits per heavy atom. The molecule has 21 heavy (non-hydrogen) atoms. The molecule has 0 amide bonds. The van der Waals surface area contributed by atoms with E-state index in [4.69, 9.17) is 11.6 Å². The third-order valence-corrected chi connectivity index (χ3v) is 4.71. The van der Waals surface area contributed by atoms with Gasteiger partial charge in [-0.05, 0) is 37.3 Å². The van der Waals surface area contributed by atoms with E-state index in [1.54, 1.807) is 29.3 Å². The summed E-state index contributed by atoms with van der Waals surface area (Å²) in [5.74, 6) is 0.788. The van der Waals surface area contributed by atoms with Crippen molar-refractivity contribution >= 4 is 45.6 Å². The minimum atomic E-state index is 0.741. The fraction of sp³-hybridized carbons (Fsp3) is 0.0667. The van der Waals surface area contributed by atoms with Gasteiger partial charge >= 0.3 is 0 Å². The molecule has 0 aliphatic rings. The normalized spacial score (nSPS) is 10.6. The number of aromatic nitrogens is 2. The lowest BCUT2D eigenvalue weighted by atomic mass is 10.4. The van der Waals surface area contributed by atoms with Gasteiger partial charge < -0.3 is 5.32 Å². The van der Waals surface area contributed by atoms with E-state index in [2.05, 4.69) is 15.3 Å². The molecule has 0 atom stereocenters. The maximum Gasteiger partial charge on any atom is 0.188 e. The zero-order chi connectivity index (χ0) is 14.7. The van der Waals surface area contributed by atoms with E-state index < -0.39 is 0 Å². The summed E-state index contributed by atoms with van der Waals surface area (Å²) in [5, 5.41) is 6.82. The molecule has 0 spiro atoms. The highest BCUT2D eigenvalue weighted by molar-refractivity contribution is 7.99. The number of anilines is 2. The molecule has 0 aliphatic carbocycles. The number of nitrogens with one attached hydrogen (secondary N) is 1. The number of aryl methyl sites for hydroxylation is 1. The van der Waals surface area contributed by atoms with Crippen LogP contribution in [0.15, 0.2) is 57.8 Å². The van der Waals surface area contributed by atoms with Crippen LogP contribution in [0.5, 0.6) is 0 Å². The van der Waals surface area contributed by atoms with E-state index in [0.29, 0.717) is 0 Å². The molecule has 2 heterocycles. The molecule has 3 aromatic rings. The monoisotopic (exact) mass is 333 g/mol. The van der Waals surface area contributed by atoms with Gasteiger partial charge in [0.2, 0.25) is 0 Å². The van der Waals surface area contributed by atoms with Crippen LogP contribution in [0.25, 0.3) is 0 Å². The minimum Gasteiger partial charge on any atom is -0.316 e. The first-order valence-electron chi connectivity index (χ1n) is 6.28. The Morgan fingerprint density at radius 1 is 1.19 bits per heavy atom. The van der Waals surface area contributed by atoms with E-state index in [0.717, 1.165) is 31.5 Å². The van der Waals surface area contributed by atoms with E-state index in [-0.39, 0.29) is 0 Å². The van der Waals surface area contributed by atoms with Crippen molar-refractivity contribution < 1.29 is 0 Å². The number of rotatable bonds is 4. The lowest BCUT2D eigenvalue weighted by molar-refractivity contribution is 1.22. The van der Waals surface area contributed by atoms with Crippen LogP contribution in [0.4, 0.5) is 10.9 Å². The highest BCUT2D eigenvalue weighted by Gasteiger charge is 2.03. The molecule has 0 aliphatic heterocycles. The molecule has 6 heteroatoms. The predicted octanol–water partition coefficient (Wildman–Crippen LogP) is 5.39. The first-order chi connectivity index (χ1) is 10.2. The second-order valence-corrected chi connectivity index (χ2v) is 6.80. The number of benzene rings is 1. The number of thiazole rings is 1. The summed E-state index contributed by atoms with van der Waals surface area (Å²) in [6.45, 7) is 1.97. The Kier molecular flexibility index (Phi) is 4.43. The Morgan fingerprint density at radius 3 is 2.81 bits per heavy atom. The first kappa shape index (κ1) is 14.4. The fourth-order valence-electron chi connectivity index (χ4n) is 1.73. The van der Waals surface area contributed by atoms with Gasteiger partial charge in [0.1, 0.15) is 5.82 Å². The number of hydrogen-bond acceptors (Lipinski definition) is 5. The molecule has 106 valence electrons. The quantitative estimate of drug-likeness (QED) is 0.694. The van der Waals surface area contributed by atoms with Crippen molar-refractivity contribution in [2.24, 2.45) is 0 Å². The predicted molar refractivity (Wildman–Crippen MR) is 89.9 cm³/mol. The van der Waals surface area contributed by atoms with Crippen LogP contribution in [0.3, 0.4) is 0 Å². The summed E-state index contributed by atoms with van der Waals surface area (Å²) >= 11 is 9.23. The third-order valence-electron chi connectivity index (χ3n) is 2.62. The number of pyridine rings is 1. The van der Waals surface area contributed by atoms with Gasteiger partial charge in [-0.3, -0.25) is 0 Å². The number of nitrogens with zero attached hydrogens (tertiary/aromatic N) is 2. The van der Waals surface area contributed by atoms with Gasteiger partial charge in [0.25, 0.3) is 0 Å².